The lowest BCUT2D eigenvalue weighted by molar-refractivity contribution is -0.116. The summed E-state index contributed by atoms with van der Waals surface area (Å²) in [5, 5.41) is 16.5. The molecule has 0 fully saturated rings. The highest BCUT2D eigenvalue weighted by atomic mass is 32.1. The van der Waals surface area contributed by atoms with Crippen molar-refractivity contribution in [3.63, 3.8) is 0 Å². The zero-order valence-electron chi connectivity index (χ0n) is 15.3. The van der Waals surface area contributed by atoms with Crippen molar-refractivity contribution in [1.29, 1.82) is 5.26 Å². The van der Waals surface area contributed by atoms with E-state index < -0.39 is 0 Å². The molecule has 1 aromatic heterocycles. The summed E-state index contributed by atoms with van der Waals surface area (Å²) >= 11 is 1.51. The minimum Gasteiger partial charge on any atom is -0.496 e. The molecule has 0 spiro atoms. The molecule has 136 valence electrons. The summed E-state index contributed by atoms with van der Waals surface area (Å²) in [6.07, 6.45) is 1.20. The van der Waals surface area contributed by atoms with E-state index in [1.54, 1.807) is 7.11 Å². The predicted octanol–water partition coefficient (Wildman–Crippen LogP) is 3.71. The molecular formula is C20H23N3O2S. The van der Waals surface area contributed by atoms with Gasteiger partial charge in [0, 0.05) is 17.8 Å². The van der Waals surface area contributed by atoms with Crippen molar-refractivity contribution in [1.82, 2.24) is 5.32 Å². The number of methoxy groups -OCH3 is 1. The Hall–Kier alpha value is -2.36. The van der Waals surface area contributed by atoms with Gasteiger partial charge in [-0.3, -0.25) is 4.79 Å². The molecule has 26 heavy (non-hydrogen) atoms. The number of fused-ring (bicyclic) bond motifs is 1. The summed E-state index contributed by atoms with van der Waals surface area (Å²) in [4.78, 5) is 13.7. The van der Waals surface area contributed by atoms with Gasteiger partial charge in [0.2, 0.25) is 5.91 Å². The standard InChI is InChI=1S/C20H23N3O2S/c1-12(14-5-4-6-17(25-3)13(14)2)9-19(24)23-20-16(10-21)15-7-8-22-11-18(15)26-20/h4-6,12,22H,7-9,11H2,1-3H3,(H,23,24). The average molecular weight is 369 g/mol. The van der Waals surface area contributed by atoms with Crippen molar-refractivity contribution < 1.29 is 9.53 Å². The molecule has 1 aliphatic heterocycles. The molecule has 0 saturated carbocycles. The maximum atomic E-state index is 12.6. The van der Waals surface area contributed by atoms with Crippen LogP contribution in [-0.2, 0) is 17.8 Å². The first-order valence-corrected chi connectivity index (χ1v) is 9.55. The topological polar surface area (TPSA) is 74.1 Å². The molecule has 6 heteroatoms. The molecule has 2 aromatic rings. The van der Waals surface area contributed by atoms with Crippen molar-refractivity contribution >= 4 is 22.2 Å². The Balaban J connectivity index is 1.74. The fourth-order valence-corrected chi connectivity index (χ4v) is 4.68. The molecule has 0 aliphatic carbocycles. The van der Waals surface area contributed by atoms with E-state index in [0.29, 0.717) is 17.0 Å². The third kappa shape index (κ3) is 3.59. The number of nitrogens with zero attached hydrogens (tertiary/aromatic N) is 1. The van der Waals surface area contributed by atoms with Crippen molar-refractivity contribution in [2.45, 2.75) is 39.2 Å². The maximum Gasteiger partial charge on any atom is 0.225 e. The fraction of sp³-hybridized carbons (Fsp3) is 0.400. The zero-order chi connectivity index (χ0) is 18.7. The molecule has 1 amide bonds. The van der Waals surface area contributed by atoms with Gasteiger partial charge in [0.25, 0.3) is 0 Å². The van der Waals surface area contributed by atoms with Crippen LogP contribution in [0.1, 0.15) is 46.4 Å². The number of benzene rings is 1. The molecule has 1 aromatic carbocycles. The normalized spacial score (nSPS) is 14.2. The van der Waals surface area contributed by atoms with Gasteiger partial charge in [0.05, 0.1) is 12.7 Å². The molecule has 1 aliphatic rings. The van der Waals surface area contributed by atoms with Gasteiger partial charge in [0.15, 0.2) is 0 Å². The Labute approximate surface area is 158 Å². The largest absolute Gasteiger partial charge is 0.496 e. The monoisotopic (exact) mass is 369 g/mol. The van der Waals surface area contributed by atoms with E-state index in [9.17, 15) is 10.1 Å². The number of anilines is 1. The maximum absolute atomic E-state index is 12.6. The van der Waals surface area contributed by atoms with Crippen LogP contribution < -0.4 is 15.4 Å². The van der Waals surface area contributed by atoms with Gasteiger partial charge in [-0.05, 0) is 48.6 Å². The summed E-state index contributed by atoms with van der Waals surface area (Å²) < 4.78 is 5.37. The highest BCUT2D eigenvalue weighted by Crippen LogP contribution is 2.35. The SMILES string of the molecule is COc1cccc(C(C)CC(=O)Nc2sc3c(c2C#N)CCNC3)c1C. The quantitative estimate of drug-likeness (QED) is 0.842. The first-order valence-electron chi connectivity index (χ1n) is 8.73. The number of carbonyl (C=O) groups is 1. The smallest absolute Gasteiger partial charge is 0.225 e. The van der Waals surface area contributed by atoms with Crippen molar-refractivity contribution in [2.24, 2.45) is 0 Å². The molecule has 1 atom stereocenters. The zero-order valence-corrected chi connectivity index (χ0v) is 16.1. The second kappa shape index (κ2) is 7.90. The van der Waals surface area contributed by atoms with E-state index in [1.165, 1.54) is 11.3 Å². The first kappa shape index (κ1) is 18.4. The van der Waals surface area contributed by atoms with Gasteiger partial charge < -0.3 is 15.4 Å². The summed E-state index contributed by atoms with van der Waals surface area (Å²) in [5.41, 5.74) is 3.88. The number of hydrogen-bond acceptors (Lipinski definition) is 5. The number of carbonyl (C=O) groups excluding carboxylic acids is 1. The average Bonchev–Trinajstić information content (AvgIpc) is 2.98. The minimum absolute atomic E-state index is 0.0619. The molecule has 0 bridgehead atoms. The van der Waals surface area contributed by atoms with Gasteiger partial charge in [-0.2, -0.15) is 5.26 Å². The van der Waals surface area contributed by atoms with Crippen LogP contribution in [0.2, 0.25) is 0 Å². The lowest BCUT2D eigenvalue weighted by Crippen LogP contribution is -2.22. The van der Waals surface area contributed by atoms with Gasteiger partial charge in [-0.25, -0.2) is 0 Å². The third-order valence-electron chi connectivity index (χ3n) is 4.86. The molecule has 5 nitrogen and oxygen atoms in total. The third-order valence-corrected chi connectivity index (χ3v) is 6.01. The Kier molecular flexibility index (Phi) is 5.60. The van der Waals surface area contributed by atoms with E-state index >= 15 is 0 Å². The van der Waals surface area contributed by atoms with E-state index in [-0.39, 0.29) is 11.8 Å². The van der Waals surface area contributed by atoms with Crippen molar-refractivity contribution in [3.8, 4) is 11.8 Å². The fourth-order valence-electron chi connectivity index (χ4n) is 3.49. The van der Waals surface area contributed by atoms with Crippen LogP contribution in [0, 0.1) is 18.3 Å². The van der Waals surface area contributed by atoms with Crippen LogP contribution in [0.15, 0.2) is 18.2 Å². The number of thiophene rings is 1. The molecule has 1 unspecified atom stereocenters. The van der Waals surface area contributed by atoms with E-state index in [2.05, 4.69) is 16.7 Å². The summed E-state index contributed by atoms with van der Waals surface area (Å²) in [6.45, 7) is 5.69. The van der Waals surface area contributed by atoms with Gasteiger partial charge in [0.1, 0.15) is 16.8 Å². The van der Waals surface area contributed by atoms with E-state index in [4.69, 9.17) is 4.74 Å². The Morgan fingerprint density at radius 2 is 2.31 bits per heavy atom. The van der Waals surface area contributed by atoms with Gasteiger partial charge in [-0.1, -0.05) is 19.1 Å². The number of amides is 1. The number of ether oxygens (including phenoxy) is 1. The number of nitriles is 1. The van der Waals surface area contributed by atoms with E-state index in [0.717, 1.165) is 46.8 Å². The van der Waals surface area contributed by atoms with Crippen LogP contribution in [0.5, 0.6) is 5.75 Å². The number of rotatable bonds is 5. The Morgan fingerprint density at radius 1 is 1.50 bits per heavy atom. The molecule has 2 N–H and O–H groups in total. The molecule has 3 rings (SSSR count). The van der Waals surface area contributed by atoms with Gasteiger partial charge >= 0.3 is 0 Å². The van der Waals surface area contributed by atoms with Crippen LogP contribution in [-0.4, -0.2) is 19.6 Å². The highest BCUT2D eigenvalue weighted by molar-refractivity contribution is 7.16. The van der Waals surface area contributed by atoms with Crippen LogP contribution in [0.25, 0.3) is 0 Å². The first-order chi connectivity index (χ1) is 12.5. The van der Waals surface area contributed by atoms with Gasteiger partial charge in [-0.15, -0.1) is 11.3 Å². The van der Waals surface area contributed by atoms with E-state index in [1.807, 2.05) is 32.0 Å². The van der Waals surface area contributed by atoms with Crippen LogP contribution >= 0.6 is 11.3 Å². The predicted molar refractivity (Wildman–Crippen MR) is 104 cm³/mol. The second-order valence-electron chi connectivity index (χ2n) is 6.57. The van der Waals surface area contributed by atoms with Crippen LogP contribution in [0.3, 0.4) is 0 Å². The highest BCUT2D eigenvalue weighted by Gasteiger charge is 2.22. The molecule has 0 radical (unpaired) electrons. The molecule has 0 saturated heterocycles. The summed E-state index contributed by atoms with van der Waals surface area (Å²) in [7, 11) is 1.65. The van der Waals surface area contributed by atoms with Crippen molar-refractivity contribution in [3.05, 3.63) is 45.3 Å². The number of hydrogen-bond donors (Lipinski definition) is 2. The molecular weight excluding hydrogens is 346 g/mol. The second-order valence-corrected chi connectivity index (χ2v) is 7.68. The number of nitrogens with one attached hydrogen (secondary N) is 2. The minimum atomic E-state index is -0.0669. The lowest BCUT2D eigenvalue weighted by Gasteiger charge is -2.16. The summed E-state index contributed by atoms with van der Waals surface area (Å²) in [5.74, 6) is 0.828. The summed E-state index contributed by atoms with van der Waals surface area (Å²) in [6, 6.07) is 8.18. The Morgan fingerprint density at radius 3 is 3.04 bits per heavy atom. The van der Waals surface area contributed by atoms with Crippen molar-refractivity contribution in [2.75, 3.05) is 19.0 Å². The Bertz CT molecular complexity index is 867. The van der Waals surface area contributed by atoms with Crippen LogP contribution in [0.4, 0.5) is 5.00 Å². The molecule has 2 heterocycles. The lowest BCUT2D eigenvalue weighted by atomic mass is 9.93.